The molecule has 112 valence electrons. The summed E-state index contributed by atoms with van der Waals surface area (Å²) in [5, 5.41) is 0. The van der Waals surface area contributed by atoms with Crippen LogP contribution in [-0.2, 0) is 22.7 Å². The molecule has 0 spiro atoms. The van der Waals surface area contributed by atoms with Gasteiger partial charge in [-0.05, 0) is 17.2 Å². The maximum Gasteiger partial charge on any atom is 0.135 e. The molecule has 2 aromatic carbocycles. The molecule has 0 unspecified atom stereocenters. The van der Waals surface area contributed by atoms with E-state index < -0.39 is 9.52 Å². The first-order valence-electron chi connectivity index (χ1n) is 7.25. The van der Waals surface area contributed by atoms with Crippen molar-refractivity contribution in [3.8, 4) is 0 Å². The third kappa shape index (κ3) is 6.44. The molecule has 0 aliphatic carbocycles. The van der Waals surface area contributed by atoms with Gasteiger partial charge in [0.25, 0.3) is 0 Å². The van der Waals surface area contributed by atoms with E-state index in [0.717, 1.165) is 6.04 Å². The van der Waals surface area contributed by atoms with E-state index in [-0.39, 0.29) is 5.91 Å². The van der Waals surface area contributed by atoms with Crippen LogP contribution < -0.4 is 0 Å². The molecule has 0 aliphatic heterocycles. The molecule has 0 saturated carbocycles. The van der Waals surface area contributed by atoms with Crippen LogP contribution in [0.2, 0.25) is 6.04 Å². The maximum atomic E-state index is 5.93. The fourth-order valence-corrected chi connectivity index (χ4v) is 3.50. The van der Waals surface area contributed by atoms with Gasteiger partial charge in [-0.2, -0.15) is 0 Å². The van der Waals surface area contributed by atoms with Crippen LogP contribution in [0.5, 0.6) is 0 Å². The van der Waals surface area contributed by atoms with Gasteiger partial charge in [0.1, 0.15) is 5.91 Å². The predicted molar refractivity (Wildman–Crippen MR) is 90.3 cm³/mol. The molecular formula is C17H21ClO2Si. The minimum Gasteiger partial charge on any atom is -0.352 e. The molecule has 0 aliphatic rings. The number of rotatable bonds is 9. The summed E-state index contributed by atoms with van der Waals surface area (Å²) in [6, 6.07) is 21.4. The lowest BCUT2D eigenvalue weighted by Crippen LogP contribution is -2.24. The Labute approximate surface area is 133 Å². The Kier molecular flexibility index (Phi) is 7.53. The SMILES string of the molecule is ClCC[SiH2]C(OCc1ccccc1)OCc1ccccc1. The summed E-state index contributed by atoms with van der Waals surface area (Å²) in [4.78, 5) is 0. The Balaban J connectivity index is 1.82. The standard InChI is InChI=1S/C17H21ClO2Si/c18-11-12-21-17(19-13-15-7-3-1-4-8-15)20-14-16-9-5-2-6-10-16/h1-10,17H,11-14,21H2. The summed E-state index contributed by atoms with van der Waals surface area (Å²) >= 11 is 5.80. The summed E-state index contributed by atoms with van der Waals surface area (Å²) in [5.74, 6) is 0.607. The molecule has 0 aromatic heterocycles. The van der Waals surface area contributed by atoms with E-state index in [1.807, 2.05) is 36.4 Å². The van der Waals surface area contributed by atoms with E-state index in [0.29, 0.717) is 19.1 Å². The monoisotopic (exact) mass is 320 g/mol. The van der Waals surface area contributed by atoms with Crippen molar-refractivity contribution >= 4 is 21.1 Å². The summed E-state index contributed by atoms with van der Waals surface area (Å²) in [7, 11) is -0.483. The normalized spacial score (nSPS) is 11.5. The zero-order chi connectivity index (χ0) is 14.8. The third-order valence-electron chi connectivity index (χ3n) is 3.13. The quantitative estimate of drug-likeness (QED) is 0.400. The Morgan fingerprint density at radius 2 is 1.29 bits per heavy atom. The highest BCUT2D eigenvalue weighted by atomic mass is 35.5. The first kappa shape index (κ1) is 16.2. The van der Waals surface area contributed by atoms with Gasteiger partial charge in [-0.1, -0.05) is 60.7 Å². The van der Waals surface area contributed by atoms with Gasteiger partial charge < -0.3 is 9.47 Å². The maximum absolute atomic E-state index is 5.93. The molecule has 0 radical (unpaired) electrons. The lowest BCUT2D eigenvalue weighted by Gasteiger charge is -2.18. The van der Waals surface area contributed by atoms with Gasteiger partial charge in [-0.15, -0.1) is 11.6 Å². The molecule has 2 nitrogen and oxygen atoms in total. The van der Waals surface area contributed by atoms with E-state index in [2.05, 4.69) is 24.3 Å². The van der Waals surface area contributed by atoms with Crippen molar-refractivity contribution in [2.75, 3.05) is 5.88 Å². The van der Waals surface area contributed by atoms with Crippen molar-refractivity contribution in [1.82, 2.24) is 0 Å². The van der Waals surface area contributed by atoms with Gasteiger partial charge in [0.15, 0.2) is 0 Å². The van der Waals surface area contributed by atoms with Crippen molar-refractivity contribution in [1.29, 1.82) is 0 Å². The van der Waals surface area contributed by atoms with Gasteiger partial charge in [-0.25, -0.2) is 0 Å². The first-order valence-corrected chi connectivity index (χ1v) is 9.60. The van der Waals surface area contributed by atoms with Crippen LogP contribution in [0.25, 0.3) is 0 Å². The van der Waals surface area contributed by atoms with Crippen LogP contribution in [0, 0.1) is 0 Å². The zero-order valence-corrected chi connectivity index (χ0v) is 14.3. The van der Waals surface area contributed by atoms with Crippen molar-refractivity contribution in [3.05, 3.63) is 71.8 Å². The minimum atomic E-state index is -0.483. The largest absolute Gasteiger partial charge is 0.352 e. The van der Waals surface area contributed by atoms with Gasteiger partial charge in [-0.3, -0.25) is 0 Å². The van der Waals surface area contributed by atoms with Gasteiger partial charge >= 0.3 is 0 Å². The van der Waals surface area contributed by atoms with Crippen LogP contribution in [0.3, 0.4) is 0 Å². The van der Waals surface area contributed by atoms with Crippen LogP contribution in [-0.4, -0.2) is 21.3 Å². The van der Waals surface area contributed by atoms with Crippen molar-refractivity contribution in [3.63, 3.8) is 0 Å². The van der Waals surface area contributed by atoms with E-state index in [1.54, 1.807) is 0 Å². The molecule has 0 amide bonds. The number of hydrogen-bond acceptors (Lipinski definition) is 2. The summed E-state index contributed by atoms with van der Waals surface area (Å²) < 4.78 is 11.9. The van der Waals surface area contributed by atoms with Crippen molar-refractivity contribution in [2.45, 2.75) is 25.2 Å². The second-order valence-electron chi connectivity index (χ2n) is 4.85. The lowest BCUT2D eigenvalue weighted by molar-refractivity contribution is -0.106. The molecule has 2 rings (SSSR count). The highest BCUT2D eigenvalue weighted by Crippen LogP contribution is 2.08. The topological polar surface area (TPSA) is 18.5 Å². The van der Waals surface area contributed by atoms with Crippen LogP contribution in [0.1, 0.15) is 11.1 Å². The number of hydrogen-bond donors (Lipinski definition) is 0. The summed E-state index contributed by atoms with van der Waals surface area (Å²) in [6.07, 6.45) is 0. The zero-order valence-electron chi connectivity index (χ0n) is 12.1. The van der Waals surface area contributed by atoms with E-state index in [4.69, 9.17) is 21.1 Å². The summed E-state index contributed by atoms with van der Waals surface area (Å²) in [5.41, 5.74) is 2.34. The van der Waals surface area contributed by atoms with Gasteiger partial charge in [0, 0.05) is 5.88 Å². The average molecular weight is 321 g/mol. The Morgan fingerprint density at radius 3 is 1.71 bits per heavy atom. The van der Waals surface area contributed by atoms with Gasteiger partial charge in [0.2, 0.25) is 0 Å². The van der Waals surface area contributed by atoms with E-state index >= 15 is 0 Å². The molecule has 0 atom stereocenters. The molecule has 2 aromatic rings. The first-order chi connectivity index (χ1) is 10.4. The molecule has 4 heteroatoms. The minimum absolute atomic E-state index is 0.0795. The molecule has 0 heterocycles. The highest BCUT2D eigenvalue weighted by Gasteiger charge is 2.10. The van der Waals surface area contributed by atoms with Gasteiger partial charge in [0.05, 0.1) is 22.7 Å². The fourth-order valence-electron chi connectivity index (χ4n) is 1.99. The Bertz CT molecular complexity index is 449. The van der Waals surface area contributed by atoms with Crippen LogP contribution >= 0.6 is 11.6 Å². The molecule has 0 saturated heterocycles. The molecule has 0 fully saturated rings. The Morgan fingerprint density at radius 1 is 0.810 bits per heavy atom. The third-order valence-corrected chi connectivity index (χ3v) is 5.55. The van der Waals surface area contributed by atoms with Crippen molar-refractivity contribution in [2.24, 2.45) is 0 Å². The van der Waals surface area contributed by atoms with E-state index in [9.17, 15) is 0 Å². The molecule has 21 heavy (non-hydrogen) atoms. The predicted octanol–water partition coefficient (Wildman–Crippen LogP) is 3.53. The second-order valence-corrected chi connectivity index (χ2v) is 7.18. The molecule has 0 bridgehead atoms. The fraction of sp³-hybridized carbons (Fsp3) is 0.294. The number of benzene rings is 2. The molecular weight excluding hydrogens is 300 g/mol. The van der Waals surface area contributed by atoms with Crippen LogP contribution in [0.15, 0.2) is 60.7 Å². The summed E-state index contributed by atoms with van der Waals surface area (Å²) in [6.45, 7) is 1.19. The number of halogens is 1. The Hall–Kier alpha value is -1.13. The van der Waals surface area contributed by atoms with E-state index in [1.165, 1.54) is 11.1 Å². The lowest BCUT2D eigenvalue weighted by atomic mass is 10.2. The average Bonchev–Trinajstić information content (AvgIpc) is 2.56. The second kappa shape index (κ2) is 9.74. The van der Waals surface area contributed by atoms with Crippen LogP contribution in [0.4, 0.5) is 0 Å². The molecule has 0 N–H and O–H groups in total. The highest BCUT2D eigenvalue weighted by molar-refractivity contribution is 6.38. The number of ether oxygens (including phenoxy) is 2. The van der Waals surface area contributed by atoms with Crippen molar-refractivity contribution < 1.29 is 9.47 Å². The number of alkyl halides is 1. The smallest absolute Gasteiger partial charge is 0.135 e.